The number of hydrogen-bond acceptors (Lipinski definition) is 3. The number of benzene rings is 3. The van der Waals surface area contributed by atoms with E-state index >= 15 is 0 Å². The summed E-state index contributed by atoms with van der Waals surface area (Å²) < 4.78 is 1.03. The molecule has 0 aliphatic heterocycles. The molecule has 0 aliphatic rings. The monoisotopic (exact) mass is 409 g/mol. The highest BCUT2D eigenvalue weighted by molar-refractivity contribution is 7.20. The van der Waals surface area contributed by atoms with Gasteiger partial charge in [-0.1, -0.05) is 71.7 Å². The van der Waals surface area contributed by atoms with Crippen LogP contribution in [0.1, 0.15) is 20.9 Å². The molecule has 1 heterocycles. The minimum atomic E-state index is -0.0966. The molecular formula is C22H13Cl2NOS. The highest BCUT2D eigenvalue weighted by atomic mass is 35.5. The van der Waals surface area contributed by atoms with E-state index in [-0.39, 0.29) is 5.78 Å². The Hall–Kier alpha value is -2.46. The first-order valence-corrected chi connectivity index (χ1v) is 9.81. The number of fused-ring (bicyclic) bond motifs is 1. The van der Waals surface area contributed by atoms with E-state index in [4.69, 9.17) is 23.2 Å². The Morgan fingerprint density at radius 3 is 2.41 bits per heavy atom. The Bertz CT molecular complexity index is 1130. The van der Waals surface area contributed by atoms with Gasteiger partial charge in [0.25, 0.3) is 0 Å². The molecule has 0 aliphatic carbocycles. The Kier molecular flexibility index (Phi) is 5.08. The van der Waals surface area contributed by atoms with Crippen molar-refractivity contribution in [3.63, 3.8) is 0 Å². The Morgan fingerprint density at radius 1 is 0.926 bits per heavy atom. The summed E-state index contributed by atoms with van der Waals surface area (Å²) >= 11 is 13.8. The highest BCUT2D eigenvalue weighted by Gasteiger charge is 2.19. The number of thiazole rings is 1. The first-order chi connectivity index (χ1) is 13.1. The molecule has 0 amide bonds. The number of allylic oxidation sites excluding steroid dienone is 1. The van der Waals surface area contributed by atoms with Crippen molar-refractivity contribution < 1.29 is 4.79 Å². The van der Waals surface area contributed by atoms with Crippen LogP contribution in [0, 0.1) is 0 Å². The summed E-state index contributed by atoms with van der Waals surface area (Å²) in [7, 11) is 0. The molecule has 1 aromatic heterocycles. The Balaban J connectivity index is 1.89. The molecule has 0 unspecified atom stereocenters. The van der Waals surface area contributed by atoms with Crippen LogP contribution in [0.25, 0.3) is 21.9 Å². The van der Waals surface area contributed by atoms with E-state index in [2.05, 4.69) is 4.98 Å². The summed E-state index contributed by atoms with van der Waals surface area (Å²) in [6.45, 7) is 0. The summed E-state index contributed by atoms with van der Waals surface area (Å²) in [5.74, 6) is -0.0966. The number of Topliss-reactive ketones (excluding diaryl/α,β-unsaturated/α-hetero) is 1. The van der Waals surface area contributed by atoms with Crippen molar-refractivity contribution in [2.24, 2.45) is 0 Å². The second-order valence-electron chi connectivity index (χ2n) is 5.91. The molecule has 3 aromatic carbocycles. The lowest BCUT2D eigenvalue weighted by molar-refractivity contribution is 0.105. The zero-order valence-corrected chi connectivity index (χ0v) is 16.4. The molecule has 0 N–H and O–H groups in total. The summed E-state index contributed by atoms with van der Waals surface area (Å²) in [5, 5.41) is 1.70. The first kappa shape index (κ1) is 17.9. The fraction of sp³-hybridized carbons (Fsp3) is 0. The van der Waals surface area contributed by atoms with Crippen molar-refractivity contribution in [1.82, 2.24) is 4.98 Å². The molecular weight excluding hydrogens is 397 g/mol. The van der Waals surface area contributed by atoms with Crippen LogP contribution < -0.4 is 0 Å². The first-order valence-electron chi connectivity index (χ1n) is 8.24. The highest BCUT2D eigenvalue weighted by Crippen LogP contribution is 2.32. The van der Waals surface area contributed by atoms with E-state index in [0.29, 0.717) is 26.2 Å². The standard InChI is InChI=1S/C22H13Cl2NOS/c23-16-11-10-15(18(24)13-16)12-17(21(26)14-6-2-1-3-7-14)22-25-19-8-4-5-9-20(19)27-22/h1-13H/b17-12-. The number of hydrogen-bond donors (Lipinski definition) is 0. The fourth-order valence-electron chi connectivity index (χ4n) is 2.73. The van der Waals surface area contributed by atoms with E-state index in [0.717, 1.165) is 15.8 Å². The van der Waals surface area contributed by atoms with Gasteiger partial charge in [-0.3, -0.25) is 4.79 Å². The minimum Gasteiger partial charge on any atom is -0.288 e. The average Bonchev–Trinajstić information content (AvgIpc) is 3.11. The lowest BCUT2D eigenvalue weighted by atomic mass is 10.0. The largest absolute Gasteiger partial charge is 0.288 e. The number of para-hydroxylation sites is 1. The molecule has 132 valence electrons. The van der Waals surface area contributed by atoms with E-state index in [1.54, 1.807) is 36.4 Å². The average molecular weight is 410 g/mol. The molecule has 4 rings (SSSR count). The molecule has 0 saturated heterocycles. The predicted molar refractivity (Wildman–Crippen MR) is 115 cm³/mol. The maximum atomic E-state index is 13.2. The molecule has 0 saturated carbocycles. The van der Waals surface area contributed by atoms with Gasteiger partial charge in [0, 0.05) is 15.6 Å². The minimum absolute atomic E-state index is 0.0966. The smallest absolute Gasteiger partial charge is 0.196 e. The topological polar surface area (TPSA) is 30.0 Å². The normalized spacial score (nSPS) is 11.7. The molecule has 0 spiro atoms. The van der Waals surface area contributed by atoms with Crippen molar-refractivity contribution >= 4 is 62.2 Å². The van der Waals surface area contributed by atoms with Crippen molar-refractivity contribution in [2.75, 3.05) is 0 Å². The van der Waals surface area contributed by atoms with E-state index in [9.17, 15) is 4.79 Å². The third kappa shape index (κ3) is 3.81. The number of nitrogens with zero attached hydrogens (tertiary/aromatic N) is 1. The number of ketones is 1. The molecule has 0 fully saturated rings. The van der Waals surface area contributed by atoms with Crippen molar-refractivity contribution in [3.05, 3.63) is 99.0 Å². The number of carbonyl (C=O) groups excluding carboxylic acids is 1. The van der Waals surface area contributed by atoms with Crippen LogP contribution in [0.4, 0.5) is 0 Å². The Morgan fingerprint density at radius 2 is 1.67 bits per heavy atom. The van der Waals surface area contributed by atoms with E-state index < -0.39 is 0 Å². The van der Waals surface area contributed by atoms with Gasteiger partial charge in [-0.15, -0.1) is 11.3 Å². The van der Waals surface area contributed by atoms with Crippen molar-refractivity contribution in [2.45, 2.75) is 0 Å². The van der Waals surface area contributed by atoms with Gasteiger partial charge in [0.1, 0.15) is 5.01 Å². The summed E-state index contributed by atoms with van der Waals surface area (Å²) in [6.07, 6.45) is 1.78. The zero-order valence-electron chi connectivity index (χ0n) is 14.0. The molecule has 27 heavy (non-hydrogen) atoms. The van der Waals surface area contributed by atoms with Crippen LogP contribution >= 0.6 is 34.5 Å². The summed E-state index contributed by atoms with van der Waals surface area (Å²) in [4.78, 5) is 17.9. The molecule has 0 bridgehead atoms. The van der Waals surface area contributed by atoms with Gasteiger partial charge in [0.05, 0.1) is 15.8 Å². The fourth-order valence-corrected chi connectivity index (χ4v) is 4.17. The van der Waals surface area contributed by atoms with Crippen LogP contribution in [0.5, 0.6) is 0 Å². The summed E-state index contributed by atoms with van der Waals surface area (Å²) in [6, 6.07) is 22.2. The van der Waals surface area contributed by atoms with Gasteiger partial charge in [0.15, 0.2) is 5.78 Å². The van der Waals surface area contributed by atoms with Gasteiger partial charge >= 0.3 is 0 Å². The maximum Gasteiger partial charge on any atom is 0.196 e. The van der Waals surface area contributed by atoms with Crippen LogP contribution in [0.2, 0.25) is 10.0 Å². The summed E-state index contributed by atoms with van der Waals surface area (Å²) in [5.41, 5.74) is 2.70. The number of aromatic nitrogens is 1. The van der Waals surface area contributed by atoms with Gasteiger partial charge < -0.3 is 0 Å². The van der Waals surface area contributed by atoms with Gasteiger partial charge in [0.2, 0.25) is 0 Å². The molecule has 0 radical (unpaired) electrons. The van der Waals surface area contributed by atoms with Crippen LogP contribution in [0.3, 0.4) is 0 Å². The van der Waals surface area contributed by atoms with Gasteiger partial charge in [-0.2, -0.15) is 0 Å². The second kappa shape index (κ2) is 7.65. The number of rotatable bonds is 4. The van der Waals surface area contributed by atoms with E-state index in [1.165, 1.54) is 11.3 Å². The quantitative estimate of drug-likeness (QED) is 0.267. The van der Waals surface area contributed by atoms with Crippen LogP contribution in [0.15, 0.2) is 72.8 Å². The third-order valence-electron chi connectivity index (χ3n) is 4.07. The lowest BCUT2D eigenvalue weighted by Crippen LogP contribution is -2.02. The molecule has 2 nitrogen and oxygen atoms in total. The maximum absolute atomic E-state index is 13.2. The van der Waals surface area contributed by atoms with Crippen LogP contribution in [-0.4, -0.2) is 10.8 Å². The van der Waals surface area contributed by atoms with Crippen molar-refractivity contribution in [1.29, 1.82) is 0 Å². The predicted octanol–water partition coefficient (Wildman–Crippen LogP) is 7.03. The van der Waals surface area contributed by atoms with Gasteiger partial charge in [-0.05, 0) is 35.9 Å². The molecule has 0 atom stereocenters. The second-order valence-corrected chi connectivity index (χ2v) is 7.78. The number of carbonyl (C=O) groups is 1. The number of halogens is 2. The molecule has 5 heteroatoms. The third-order valence-corrected chi connectivity index (χ3v) is 5.70. The molecule has 4 aromatic rings. The SMILES string of the molecule is O=C(/C(=C/c1ccc(Cl)cc1Cl)c1nc2ccccc2s1)c1ccccc1. The van der Waals surface area contributed by atoms with Crippen LogP contribution in [-0.2, 0) is 0 Å². The zero-order chi connectivity index (χ0) is 18.8. The lowest BCUT2D eigenvalue weighted by Gasteiger charge is -2.06. The van der Waals surface area contributed by atoms with E-state index in [1.807, 2.05) is 42.5 Å². The van der Waals surface area contributed by atoms with Gasteiger partial charge in [-0.25, -0.2) is 4.98 Å². The Labute approximate surface area is 170 Å². The van der Waals surface area contributed by atoms with Crippen molar-refractivity contribution in [3.8, 4) is 0 Å².